The Kier molecular flexibility index (Phi) is 18.5. The van der Waals surface area contributed by atoms with E-state index in [4.69, 9.17) is 9.47 Å². The topological polar surface area (TPSA) is 209 Å². The maximum Gasteiger partial charge on any atom is 0.251 e. The third-order valence-electron chi connectivity index (χ3n) is 6.96. The first-order valence-electron chi connectivity index (χ1n) is 14.1. The molecular formula is C26H51NO11. The zero-order chi connectivity index (χ0) is 28.5. The van der Waals surface area contributed by atoms with Gasteiger partial charge in [-0.1, -0.05) is 77.6 Å². The van der Waals surface area contributed by atoms with Crippen LogP contribution in [0, 0.1) is 0 Å². The Bertz CT molecular complexity index is 612. The van der Waals surface area contributed by atoms with Gasteiger partial charge < -0.3 is 55.6 Å². The maximum absolute atomic E-state index is 12.3. The second-order valence-electron chi connectivity index (χ2n) is 10.2. The van der Waals surface area contributed by atoms with Crippen molar-refractivity contribution >= 4 is 5.91 Å². The molecule has 0 aromatic carbocycles. The van der Waals surface area contributed by atoms with E-state index in [2.05, 4.69) is 12.2 Å². The minimum atomic E-state index is -2.04. The number of carbonyl (C=O) groups is 1. The van der Waals surface area contributed by atoms with Crippen LogP contribution in [0.1, 0.15) is 84.0 Å². The van der Waals surface area contributed by atoms with Crippen molar-refractivity contribution in [3.05, 3.63) is 0 Å². The quantitative estimate of drug-likeness (QED) is 0.0792. The van der Waals surface area contributed by atoms with E-state index in [-0.39, 0.29) is 6.54 Å². The number of amides is 1. The molecule has 226 valence electrons. The Morgan fingerprint density at radius 3 is 1.84 bits per heavy atom. The molecule has 0 aromatic rings. The fraction of sp³-hybridized carbons (Fsp3) is 0.962. The van der Waals surface area contributed by atoms with Crippen molar-refractivity contribution in [1.82, 2.24) is 5.32 Å². The molecule has 1 saturated heterocycles. The molecule has 0 saturated carbocycles. The molecule has 1 heterocycles. The number of hydrogen-bond acceptors (Lipinski definition) is 11. The molecule has 12 heteroatoms. The first-order chi connectivity index (χ1) is 18.2. The zero-order valence-corrected chi connectivity index (χ0v) is 22.6. The zero-order valence-electron chi connectivity index (χ0n) is 22.6. The predicted molar refractivity (Wildman–Crippen MR) is 138 cm³/mol. The van der Waals surface area contributed by atoms with E-state index in [9.17, 15) is 45.6 Å². The first kappa shape index (κ1) is 35.1. The lowest BCUT2D eigenvalue weighted by Gasteiger charge is -2.42. The number of rotatable bonds is 21. The molecule has 0 aromatic heterocycles. The number of nitrogens with one attached hydrogen (secondary N) is 1. The van der Waals surface area contributed by atoms with Gasteiger partial charge in [0.2, 0.25) is 0 Å². The molecule has 9 N–H and O–H groups in total. The predicted octanol–water partition coefficient (Wildman–Crippen LogP) is -0.936. The smallest absolute Gasteiger partial charge is 0.251 e. The van der Waals surface area contributed by atoms with Gasteiger partial charge in [-0.05, 0) is 6.42 Å². The van der Waals surface area contributed by atoms with Gasteiger partial charge in [0.05, 0.1) is 13.2 Å². The Morgan fingerprint density at radius 1 is 0.816 bits per heavy atom. The molecule has 9 atom stereocenters. The van der Waals surface area contributed by atoms with Crippen LogP contribution in [0.5, 0.6) is 0 Å². The normalized spacial score (nSPS) is 27.0. The van der Waals surface area contributed by atoms with Gasteiger partial charge in [0.1, 0.15) is 42.7 Å². The molecule has 0 spiro atoms. The standard InChI is InChI=1S/C26H51NO11/c1-2-3-4-5-6-7-8-9-10-11-12-13-14-27-25(36)22(34)21(33)24(17(30)15-28)38-26-23(35)20(32)19(31)18(16-29)37-26/h17-24,26,28-35H,2-16H2,1H3,(H,27,36)/t17-,18?,19+,20+,21-,22-,23?,24-,26+/m1/s1. The molecule has 12 nitrogen and oxygen atoms in total. The average molecular weight is 554 g/mol. The average Bonchev–Trinajstić information content (AvgIpc) is 2.92. The number of ether oxygens (including phenoxy) is 2. The summed E-state index contributed by atoms with van der Waals surface area (Å²) < 4.78 is 10.5. The molecule has 0 radical (unpaired) electrons. The van der Waals surface area contributed by atoms with Gasteiger partial charge in [0, 0.05) is 6.54 Å². The number of unbranched alkanes of at least 4 members (excludes halogenated alkanes) is 11. The van der Waals surface area contributed by atoms with E-state index in [0.717, 1.165) is 19.3 Å². The van der Waals surface area contributed by atoms with Gasteiger partial charge in [-0.25, -0.2) is 0 Å². The Labute approximate surface area is 225 Å². The van der Waals surface area contributed by atoms with E-state index in [1.54, 1.807) is 0 Å². The van der Waals surface area contributed by atoms with E-state index in [1.807, 2.05) is 0 Å². The number of carbonyl (C=O) groups excluding carboxylic acids is 1. The van der Waals surface area contributed by atoms with Crippen LogP contribution in [-0.4, -0.2) is 122 Å². The molecule has 0 aliphatic carbocycles. The van der Waals surface area contributed by atoms with Crippen LogP contribution in [0.2, 0.25) is 0 Å². The van der Waals surface area contributed by atoms with Crippen LogP contribution in [0.4, 0.5) is 0 Å². The first-order valence-corrected chi connectivity index (χ1v) is 14.1. The van der Waals surface area contributed by atoms with Gasteiger partial charge in [-0.2, -0.15) is 0 Å². The molecule has 1 aliphatic rings. The van der Waals surface area contributed by atoms with Crippen LogP contribution in [0.15, 0.2) is 0 Å². The summed E-state index contributed by atoms with van der Waals surface area (Å²) in [6.07, 6.45) is -2.07. The number of hydrogen-bond donors (Lipinski definition) is 9. The molecule has 1 aliphatic heterocycles. The van der Waals surface area contributed by atoms with E-state index in [0.29, 0.717) is 6.42 Å². The third kappa shape index (κ3) is 12.1. The molecule has 1 fully saturated rings. The second-order valence-corrected chi connectivity index (χ2v) is 10.2. The van der Waals surface area contributed by atoms with Crippen molar-refractivity contribution in [2.24, 2.45) is 0 Å². The van der Waals surface area contributed by atoms with Crippen molar-refractivity contribution in [1.29, 1.82) is 0 Å². The van der Waals surface area contributed by atoms with E-state index < -0.39 is 74.2 Å². The SMILES string of the molecule is CCCCCCCCCCCCCCNC(=O)[C@H](O)[C@@H](O)[C@H](O[C@@H]1OC(CO)[C@H](O)[C@H](O)C1O)[C@H](O)CO. The number of aliphatic hydroxyl groups is 8. The van der Waals surface area contributed by atoms with Crippen LogP contribution in [0.25, 0.3) is 0 Å². The van der Waals surface area contributed by atoms with Crippen LogP contribution in [0.3, 0.4) is 0 Å². The summed E-state index contributed by atoms with van der Waals surface area (Å²) in [6.45, 7) is 0.834. The summed E-state index contributed by atoms with van der Waals surface area (Å²) in [5.74, 6) is -0.909. The Balaban J connectivity index is 2.40. The molecule has 0 bridgehead atoms. The third-order valence-corrected chi connectivity index (χ3v) is 6.96. The van der Waals surface area contributed by atoms with Gasteiger partial charge in [0.25, 0.3) is 5.91 Å². The summed E-state index contributed by atoms with van der Waals surface area (Å²) in [6, 6.07) is 0. The maximum atomic E-state index is 12.3. The molecule has 1 rings (SSSR count). The van der Waals surface area contributed by atoms with Crippen molar-refractivity contribution in [2.75, 3.05) is 19.8 Å². The fourth-order valence-corrected chi connectivity index (χ4v) is 4.45. The van der Waals surface area contributed by atoms with Crippen LogP contribution >= 0.6 is 0 Å². The van der Waals surface area contributed by atoms with E-state index >= 15 is 0 Å². The van der Waals surface area contributed by atoms with Gasteiger partial charge in [-0.15, -0.1) is 0 Å². The second kappa shape index (κ2) is 20.0. The highest BCUT2D eigenvalue weighted by Crippen LogP contribution is 2.25. The minimum absolute atomic E-state index is 0.279. The fourth-order valence-electron chi connectivity index (χ4n) is 4.45. The van der Waals surface area contributed by atoms with Crippen LogP contribution in [-0.2, 0) is 14.3 Å². The summed E-state index contributed by atoms with van der Waals surface area (Å²) in [5.41, 5.74) is 0. The van der Waals surface area contributed by atoms with Crippen LogP contribution < -0.4 is 5.32 Å². The van der Waals surface area contributed by atoms with Gasteiger partial charge in [-0.3, -0.25) is 4.79 Å². The molecule has 2 unspecified atom stereocenters. The summed E-state index contributed by atoms with van der Waals surface area (Å²) in [4.78, 5) is 12.3. The highest BCUT2D eigenvalue weighted by Gasteiger charge is 2.47. The highest BCUT2D eigenvalue weighted by atomic mass is 16.7. The van der Waals surface area contributed by atoms with Gasteiger partial charge in [0.15, 0.2) is 12.4 Å². The van der Waals surface area contributed by atoms with E-state index in [1.165, 1.54) is 51.4 Å². The molecule has 1 amide bonds. The van der Waals surface area contributed by atoms with Crippen molar-refractivity contribution in [3.63, 3.8) is 0 Å². The number of aliphatic hydroxyl groups excluding tert-OH is 8. The lowest BCUT2D eigenvalue weighted by molar-refractivity contribution is -0.326. The summed E-state index contributed by atoms with van der Waals surface area (Å²) in [5, 5.41) is 82.0. The lowest BCUT2D eigenvalue weighted by atomic mass is 9.98. The highest BCUT2D eigenvalue weighted by molar-refractivity contribution is 5.81. The summed E-state index contributed by atoms with van der Waals surface area (Å²) in [7, 11) is 0. The summed E-state index contributed by atoms with van der Waals surface area (Å²) >= 11 is 0. The van der Waals surface area contributed by atoms with Crippen molar-refractivity contribution in [3.8, 4) is 0 Å². The minimum Gasteiger partial charge on any atom is -0.394 e. The van der Waals surface area contributed by atoms with Gasteiger partial charge >= 0.3 is 0 Å². The van der Waals surface area contributed by atoms with Crippen molar-refractivity contribution < 1.29 is 55.1 Å². The Hall–Kier alpha value is -0.930. The van der Waals surface area contributed by atoms with Crippen molar-refractivity contribution in [2.45, 2.75) is 139 Å². The molecule has 38 heavy (non-hydrogen) atoms. The molecular weight excluding hydrogens is 502 g/mol. The largest absolute Gasteiger partial charge is 0.394 e. The Morgan fingerprint density at radius 2 is 1.34 bits per heavy atom. The lowest BCUT2D eigenvalue weighted by Crippen LogP contribution is -2.62. The monoisotopic (exact) mass is 553 g/mol.